The Hall–Kier alpha value is -3.62. The van der Waals surface area contributed by atoms with Crippen LogP contribution in [-0.2, 0) is 4.79 Å². The SMILES string of the molecule is COc1cc(C=C2CCCN([C@@H](C)c3ccc(F)c(F)c3F)C2=O)ccc1-n1cnc(C)n1. The number of nitrogens with zero attached hydrogens (tertiary/aromatic N) is 4. The average molecular weight is 456 g/mol. The Morgan fingerprint density at radius 3 is 2.64 bits per heavy atom. The van der Waals surface area contributed by atoms with Crippen molar-refractivity contribution in [2.24, 2.45) is 0 Å². The molecule has 2 aromatic carbocycles. The Morgan fingerprint density at radius 1 is 1.15 bits per heavy atom. The third-order valence-corrected chi connectivity index (χ3v) is 5.76. The molecule has 0 radical (unpaired) electrons. The third-order valence-electron chi connectivity index (χ3n) is 5.76. The van der Waals surface area contributed by atoms with Crippen molar-refractivity contribution in [2.45, 2.75) is 32.7 Å². The maximum absolute atomic E-state index is 14.3. The van der Waals surface area contributed by atoms with Crippen molar-refractivity contribution in [3.63, 3.8) is 0 Å². The van der Waals surface area contributed by atoms with Crippen LogP contribution < -0.4 is 4.74 Å². The lowest BCUT2D eigenvalue weighted by Gasteiger charge is -2.34. The molecule has 0 bridgehead atoms. The predicted octanol–water partition coefficient (Wildman–Crippen LogP) is 4.77. The Kier molecular flexibility index (Phi) is 6.22. The number of aryl methyl sites for hydroxylation is 1. The Balaban J connectivity index is 1.61. The summed E-state index contributed by atoms with van der Waals surface area (Å²) in [6, 6.07) is 6.77. The van der Waals surface area contributed by atoms with Crippen LogP contribution in [0.2, 0.25) is 0 Å². The van der Waals surface area contributed by atoms with Crippen molar-refractivity contribution in [3.05, 3.63) is 76.6 Å². The molecule has 0 saturated carbocycles. The Labute approximate surface area is 189 Å². The topological polar surface area (TPSA) is 60.2 Å². The monoisotopic (exact) mass is 456 g/mol. The van der Waals surface area contributed by atoms with Gasteiger partial charge in [-0.15, -0.1) is 0 Å². The summed E-state index contributed by atoms with van der Waals surface area (Å²) in [4.78, 5) is 18.8. The summed E-state index contributed by atoms with van der Waals surface area (Å²) < 4.78 is 48.5. The quantitative estimate of drug-likeness (QED) is 0.410. The van der Waals surface area contributed by atoms with E-state index in [4.69, 9.17) is 4.74 Å². The first kappa shape index (κ1) is 22.6. The van der Waals surface area contributed by atoms with Gasteiger partial charge in [0.25, 0.3) is 0 Å². The predicted molar refractivity (Wildman–Crippen MR) is 116 cm³/mol. The second-order valence-electron chi connectivity index (χ2n) is 7.88. The van der Waals surface area contributed by atoms with Gasteiger partial charge in [0.1, 0.15) is 23.6 Å². The van der Waals surface area contributed by atoms with Crippen LogP contribution in [0.1, 0.15) is 42.8 Å². The molecule has 33 heavy (non-hydrogen) atoms. The van der Waals surface area contributed by atoms with Crippen LogP contribution in [0, 0.1) is 24.4 Å². The molecule has 1 aromatic heterocycles. The van der Waals surface area contributed by atoms with E-state index >= 15 is 0 Å². The maximum atomic E-state index is 14.3. The van der Waals surface area contributed by atoms with Crippen LogP contribution >= 0.6 is 0 Å². The molecule has 1 atom stereocenters. The second kappa shape index (κ2) is 9.09. The number of piperidine rings is 1. The molecule has 3 aromatic rings. The molecule has 172 valence electrons. The minimum Gasteiger partial charge on any atom is -0.494 e. The van der Waals surface area contributed by atoms with Gasteiger partial charge in [0.2, 0.25) is 5.91 Å². The summed E-state index contributed by atoms with van der Waals surface area (Å²) in [7, 11) is 1.55. The first-order chi connectivity index (χ1) is 15.8. The van der Waals surface area contributed by atoms with E-state index in [1.165, 1.54) is 11.0 Å². The number of methoxy groups -OCH3 is 1. The standard InChI is InChI=1S/C24H23F3N4O2/c1-14(18-7-8-19(25)23(27)22(18)26)30-10-4-5-17(24(30)32)11-16-6-9-20(21(12-16)33-3)31-13-28-15(2)29-31/h6-9,11-14H,4-5,10H2,1-3H3/t14-/m0/s1. The van der Waals surface area contributed by atoms with Gasteiger partial charge >= 0.3 is 0 Å². The number of carbonyl (C=O) groups excluding carboxylic acids is 1. The van der Waals surface area contributed by atoms with E-state index in [2.05, 4.69) is 10.1 Å². The first-order valence-electron chi connectivity index (χ1n) is 10.5. The van der Waals surface area contributed by atoms with E-state index in [1.54, 1.807) is 44.1 Å². The highest BCUT2D eigenvalue weighted by molar-refractivity contribution is 5.98. The van der Waals surface area contributed by atoms with E-state index < -0.39 is 23.5 Å². The number of amides is 1. The molecular formula is C24H23F3N4O2. The number of benzene rings is 2. The van der Waals surface area contributed by atoms with Gasteiger partial charge in [0.05, 0.1) is 13.2 Å². The van der Waals surface area contributed by atoms with E-state index in [-0.39, 0.29) is 11.5 Å². The number of halogens is 3. The fourth-order valence-corrected chi connectivity index (χ4v) is 4.00. The van der Waals surface area contributed by atoms with Crippen LogP contribution in [0.25, 0.3) is 11.8 Å². The number of hydrogen-bond donors (Lipinski definition) is 0. The molecule has 9 heteroatoms. The van der Waals surface area contributed by atoms with Crippen molar-refractivity contribution in [1.82, 2.24) is 19.7 Å². The van der Waals surface area contributed by atoms with Crippen molar-refractivity contribution in [2.75, 3.05) is 13.7 Å². The number of aromatic nitrogens is 3. The van der Waals surface area contributed by atoms with Crippen LogP contribution in [0.15, 0.2) is 42.2 Å². The number of carbonyl (C=O) groups is 1. The number of likely N-dealkylation sites (tertiary alicyclic amines) is 1. The zero-order valence-electron chi connectivity index (χ0n) is 18.5. The highest BCUT2D eigenvalue weighted by atomic mass is 19.2. The van der Waals surface area contributed by atoms with E-state index in [1.807, 2.05) is 12.1 Å². The van der Waals surface area contributed by atoms with Crippen molar-refractivity contribution in [3.8, 4) is 11.4 Å². The Morgan fingerprint density at radius 2 is 1.94 bits per heavy atom. The molecule has 6 nitrogen and oxygen atoms in total. The number of hydrogen-bond acceptors (Lipinski definition) is 4. The summed E-state index contributed by atoms with van der Waals surface area (Å²) in [6.45, 7) is 3.79. The van der Waals surface area contributed by atoms with Gasteiger partial charge in [0, 0.05) is 17.7 Å². The van der Waals surface area contributed by atoms with Crippen molar-refractivity contribution >= 4 is 12.0 Å². The molecule has 1 saturated heterocycles. The molecule has 0 N–H and O–H groups in total. The average Bonchev–Trinajstić information content (AvgIpc) is 3.24. The van der Waals surface area contributed by atoms with Gasteiger partial charge in [-0.3, -0.25) is 4.79 Å². The van der Waals surface area contributed by atoms with Gasteiger partial charge < -0.3 is 9.64 Å². The molecule has 1 fully saturated rings. The van der Waals surface area contributed by atoms with Gasteiger partial charge in [0.15, 0.2) is 17.5 Å². The normalized spacial score (nSPS) is 16.4. The smallest absolute Gasteiger partial charge is 0.250 e. The first-order valence-corrected chi connectivity index (χ1v) is 10.5. The summed E-state index contributed by atoms with van der Waals surface area (Å²) in [5.74, 6) is -3.14. The third kappa shape index (κ3) is 4.35. The van der Waals surface area contributed by atoms with Gasteiger partial charge in [-0.05, 0) is 56.5 Å². The number of ether oxygens (including phenoxy) is 1. The molecule has 1 aliphatic heterocycles. The second-order valence-corrected chi connectivity index (χ2v) is 7.88. The summed E-state index contributed by atoms with van der Waals surface area (Å²) in [5.41, 5.74) is 1.95. The van der Waals surface area contributed by atoms with E-state index in [9.17, 15) is 18.0 Å². The number of rotatable bonds is 5. The molecular weight excluding hydrogens is 433 g/mol. The summed E-state index contributed by atoms with van der Waals surface area (Å²) >= 11 is 0. The fourth-order valence-electron chi connectivity index (χ4n) is 4.00. The van der Waals surface area contributed by atoms with E-state index in [0.29, 0.717) is 42.2 Å². The Bertz CT molecular complexity index is 1240. The minimum absolute atomic E-state index is 0.0577. The summed E-state index contributed by atoms with van der Waals surface area (Å²) in [5, 5.41) is 4.29. The molecule has 4 rings (SSSR count). The van der Waals surface area contributed by atoms with Crippen molar-refractivity contribution < 1.29 is 22.7 Å². The lowest BCUT2D eigenvalue weighted by atomic mass is 9.97. The highest BCUT2D eigenvalue weighted by Crippen LogP contribution is 2.32. The van der Waals surface area contributed by atoms with Crippen LogP contribution in [0.4, 0.5) is 13.2 Å². The lowest BCUT2D eigenvalue weighted by molar-refractivity contribution is -0.130. The van der Waals surface area contributed by atoms with Crippen LogP contribution in [0.3, 0.4) is 0 Å². The van der Waals surface area contributed by atoms with Gasteiger partial charge in [-0.2, -0.15) is 5.10 Å². The largest absolute Gasteiger partial charge is 0.494 e. The molecule has 0 aliphatic carbocycles. The van der Waals surface area contributed by atoms with Crippen LogP contribution in [0.5, 0.6) is 5.75 Å². The van der Waals surface area contributed by atoms with Gasteiger partial charge in [-0.1, -0.05) is 12.1 Å². The molecule has 0 spiro atoms. The fraction of sp³-hybridized carbons (Fsp3) is 0.292. The lowest BCUT2D eigenvalue weighted by Crippen LogP contribution is -2.39. The van der Waals surface area contributed by atoms with E-state index in [0.717, 1.165) is 11.6 Å². The van der Waals surface area contributed by atoms with Gasteiger partial charge in [-0.25, -0.2) is 22.8 Å². The molecule has 2 heterocycles. The molecule has 1 aliphatic rings. The molecule has 0 unspecified atom stereocenters. The minimum atomic E-state index is -1.53. The van der Waals surface area contributed by atoms with Crippen LogP contribution in [-0.4, -0.2) is 39.2 Å². The summed E-state index contributed by atoms with van der Waals surface area (Å²) in [6.07, 6.45) is 4.57. The zero-order chi connectivity index (χ0) is 23.7. The zero-order valence-corrected chi connectivity index (χ0v) is 18.5. The maximum Gasteiger partial charge on any atom is 0.250 e. The molecule has 1 amide bonds. The van der Waals surface area contributed by atoms with Crippen molar-refractivity contribution in [1.29, 1.82) is 0 Å². The highest BCUT2D eigenvalue weighted by Gasteiger charge is 2.30.